The maximum Gasteiger partial charge on any atom is 0.269 e. The molecule has 0 saturated carbocycles. The Morgan fingerprint density at radius 3 is 2.45 bits per heavy atom. The van der Waals surface area contributed by atoms with E-state index in [1.165, 1.54) is 24.3 Å². The average Bonchev–Trinajstić information content (AvgIpc) is 2.82. The molecule has 1 aromatic heterocycles. The normalized spacial score (nSPS) is 11.5. The largest absolute Gasteiger partial charge is 0.496 e. The predicted octanol–water partition coefficient (Wildman–Crippen LogP) is 4.61. The van der Waals surface area contributed by atoms with E-state index in [1.54, 1.807) is 19.5 Å². The van der Waals surface area contributed by atoms with E-state index in [2.05, 4.69) is 9.71 Å². The second-order valence-corrected chi connectivity index (χ2v) is 9.22. The number of hydrogen-bond donors (Lipinski definition) is 1. The van der Waals surface area contributed by atoms with Crippen molar-refractivity contribution in [1.82, 2.24) is 9.71 Å². The highest BCUT2D eigenvalue weighted by Crippen LogP contribution is 2.33. The van der Waals surface area contributed by atoms with Crippen LogP contribution in [0.3, 0.4) is 0 Å². The number of methoxy groups -OCH3 is 1. The van der Waals surface area contributed by atoms with Gasteiger partial charge in [0.05, 0.1) is 16.9 Å². The molecule has 3 aromatic carbocycles. The fourth-order valence-corrected chi connectivity index (χ4v) is 4.71. The van der Waals surface area contributed by atoms with Crippen LogP contribution in [0.1, 0.15) is 11.1 Å². The summed E-state index contributed by atoms with van der Waals surface area (Å²) in [4.78, 5) is 14.4. The lowest BCUT2D eigenvalue weighted by atomic mass is 9.95. The van der Waals surface area contributed by atoms with Crippen molar-refractivity contribution in [2.45, 2.75) is 18.4 Å². The molecule has 0 aliphatic carbocycles. The van der Waals surface area contributed by atoms with E-state index in [-0.39, 0.29) is 17.1 Å². The maximum absolute atomic E-state index is 12.7. The molecule has 9 heteroatoms. The zero-order valence-electron chi connectivity index (χ0n) is 18.0. The Balaban J connectivity index is 1.65. The number of rotatable bonds is 7. The van der Waals surface area contributed by atoms with Gasteiger partial charge in [-0.1, -0.05) is 18.2 Å². The third-order valence-electron chi connectivity index (χ3n) is 5.42. The first-order chi connectivity index (χ1) is 15.8. The number of sulfonamides is 1. The first kappa shape index (κ1) is 22.4. The molecule has 0 aliphatic heterocycles. The smallest absolute Gasteiger partial charge is 0.269 e. The number of nitrogens with one attached hydrogen (secondary N) is 1. The zero-order chi connectivity index (χ0) is 23.6. The van der Waals surface area contributed by atoms with Gasteiger partial charge < -0.3 is 4.74 Å². The number of pyridine rings is 1. The number of hydrogen-bond acceptors (Lipinski definition) is 6. The quantitative estimate of drug-likeness (QED) is 0.317. The summed E-state index contributed by atoms with van der Waals surface area (Å²) in [5, 5.41) is 12.6. The van der Waals surface area contributed by atoms with Crippen molar-refractivity contribution in [3.05, 3.63) is 94.3 Å². The SMILES string of the molecule is COc1ccc(-c2ccc(CNS(=O)(=O)c3ccc([N+](=O)[O-])cc3)c3cnccc23)cc1C. The fraction of sp³-hybridized carbons (Fsp3) is 0.125. The highest BCUT2D eigenvalue weighted by molar-refractivity contribution is 7.89. The van der Waals surface area contributed by atoms with Crippen molar-refractivity contribution in [3.8, 4) is 16.9 Å². The Kier molecular flexibility index (Phi) is 6.08. The topological polar surface area (TPSA) is 111 Å². The molecule has 8 nitrogen and oxygen atoms in total. The number of nitro benzene ring substituents is 1. The average molecular weight is 464 g/mol. The van der Waals surface area contributed by atoms with Gasteiger partial charge in [-0.25, -0.2) is 13.1 Å². The number of benzene rings is 3. The summed E-state index contributed by atoms with van der Waals surface area (Å²) in [6.07, 6.45) is 3.41. The lowest BCUT2D eigenvalue weighted by Gasteiger charge is -2.14. The van der Waals surface area contributed by atoms with Gasteiger partial charge >= 0.3 is 0 Å². The van der Waals surface area contributed by atoms with Crippen LogP contribution in [-0.4, -0.2) is 25.4 Å². The molecule has 0 fully saturated rings. The van der Waals surface area contributed by atoms with Crippen molar-refractivity contribution in [2.75, 3.05) is 7.11 Å². The van der Waals surface area contributed by atoms with Gasteiger partial charge in [0.2, 0.25) is 10.0 Å². The Labute approximate surface area is 191 Å². The summed E-state index contributed by atoms with van der Waals surface area (Å²) in [6, 6.07) is 16.4. The minimum absolute atomic E-state index is 0.0409. The molecule has 0 saturated heterocycles. The van der Waals surface area contributed by atoms with Crippen molar-refractivity contribution in [2.24, 2.45) is 0 Å². The number of fused-ring (bicyclic) bond motifs is 1. The van der Waals surface area contributed by atoms with Crippen molar-refractivity contribution in [3.63, 3.8) is 0 Å². The van der Waals surface area contributed by atoms with E-state index in [9.17, 15) is 18.5 Å². The minimum Gasteiger partial charge on any atom is -0.496 e. The van der Waals surface area contributed by atoms with E-state index in [4.69, 9.17) is 4.74 Å². The number of aryl methyl sites for hydroxylation is 1. The van der Waals surface area contributed by atoms with Crippen LogP contribution in [0, 0.1) is 17.0 Å². The predicted molar refractivity (Wildman–Crippen MR) is 126 cm³/mol. The van der Waals surface area contributed by atoms with Crippen molar-refractivity contribution >= 4 is 26.5 Å². The van der Waals surface area contributed by atoms with Crippen LogP contribution in [0.25, 0.3) is 21.9 Å². The third kappa shape index (κ3) is 4.55. The standard InChI is InChI=1S/C24H21N3O5S/c1-16-13-17(4-10-24(16)32-2)21-9-3-18(23-15-25-12-11-22(21)23)14-26-33(30,31)20-7-5-19(6-8-20)27(28)29/h3-13,15,26H,14H2,1-2H3. The lowest BCUT2D eigenvalue weighted by molar-refractivity contribution is -0.384. The molecule has 0 unspecified atom stereocenters. The highest BCUT2D eigenvalue weighted by Gasteiger charge is 2.17. The van der Waals surface area contributed by atoms with Crippen molar-refractivity contribution < 1.29 is 18.1 Å². The molecule has 0 bridgehead atoms. The molecule has 168 valence electrons. The Hall–Kier alpha value is -3.82. The number of nitro groups is 1. The number of non-ortho nitro benzene ring substituents is 1. The van der Waals surface area contributed by atoms with Crippen LogP contribution in [0.5, 0.6) is 5.75 Å². The molecular weight excluding hydrogens is 442 g/mol. The Morgan fingerprint density at radius 1 is 1.03 bits per heavy atom. The van der Waals surface area contributed by atoms with Crippen LogP contribution < -0.4 is 9.46 Å². The van der Waals surface area contributed by atoms with Gasteiger partial charge in [-0.05, 0) is 64.9 Å². The summed E-state index contributed by atoms with van der Waals surface area (Å²) < 4.78 is 33.3. The number of aromatic nitrogens is 1. The van der Waals surface area contributed by atoms with Gasteiger partial charge in [0.15, 0.2) is 0 Å². The molecular formula is C24H21N3O5S. The van der Waals surface area contributed by atoms with Gasteiger partial charge in [-0.3, -0.25) is 15.1 Å². The molecule has 0 spiro atoms. The van der Waals surface area contributed by atoms with Gasteiger partial charge in [0, 0.05) is 36.5 Å². The lowest BCUT2D eigenvalue weighted by Crippen LogP contribution is -2.23. The highest BCUT2D eigenvalue weighted by atomic mass is 32.2. The molecule has 0 aliphatic rings. The van der Waals surface area contributed by atoms with Crippen LogP contribution >= 0.6 is 0 Å². The maximum atomic E-state index is 12.7. The number of ether oxygens (including phenoxy) is 1. The molecule has 0 amide bonds. The minimum atomic E-state index is -3.85. The Morgan fingerprint density at radius 2 is 1.79 bits per heavy atom. The van der Waals surface area contributed by atoms with Crippen LogP contribution in [0.4, 0.5) is 5.69 Å². The van der Waals surface area contributed by atoms with E-state index in [0.717, 1.165) is 38.8 Å². The molecule has 0 atom stereocenters. The van der Waals surface area contributed by atoms with E-state index >= 15 is 0 Å². The zero-order valence-corrected chi connectivity index (χ0v) is 18.8. The molecule has 1 N–H and O–H groups in total. The van der Waals surface area contributed by atoms with Gasteiger partial charge in [0.1, 0.15) is 5.75 Å². The molecule has 1 heterocycles. The monoisotopic (exact) mass is 463 g/mol. The van der Waals surface area contributed by atoms with Gasteiger partial charge in [-0.15, -0.1) is 0 Å². The first-order valence-electron chi connectivity index (χ1n) is 10.0. The third-order valence-corrected chi connectivity index (χ3v) is 6.84. The molecule has 4 rings (SSSR count). The Bertz CT molecular complexity index is 1450. The summed E-state index contributed by atoms with van der Waals surface area (Å²) in [5.74, 6) is 0.807. The summed E-state index contributed by atoms with van der Waals surface area (Å²) in [6.45, 7) is 2.02. The van der Waals surface area contributed by atoms with Crippen LogP contribution in [-0.2, 0) is 16.6 Å². The molecule has 33 heavy (non-hydrogen) atoms. The second kappa shape index (κ2) is 8.97. The second-order valence-electron chi connectivity index (χ2n) is 7.45. The first-order valence-corrected chi connectivity index (χ1v) is 11.5. The number of nitrogens with zero attached hydrogens (tertiary/aromatic N) is 2. The molecule has 0 radical (unpaired) electrons. The van der Waals surface area contributed by atoms with E-state index in [0.29, 0.717) is 0 Å². The van der Waals surface area contributed by atoms with Gasteiger partial charge in [0.25, 0.3) is 5.69 Å². The summed E-state index contributed by atoms with van der Waals surface area (Å²) in [5.41, 5.74) is 3.62. The summed E-state index contributed by atoms with van der Waals surface area (Å²) >= 11 is 0. The van der Waals surface area contributed by atoms with E-state index < -0.39 is 14.9 Å². The van der Waals surface area contributed by atoms with Gasteiger partial charge in [-0.2, -0.15) is 0 Å². The fourth-order valence-electron chi connectivity index (χ4n) is 3.70. The van der Waals surface area contributed by atoms with E-state index in [1.807, 2.05) is 43.3 Å². The van der Waals surface area contributed by atoms with Crippen LogP contribution in [0.2, 0.25) is 0 Å². The molecule has 4 aromatic rings. The van der Waals surface area contributed by atoms with Crippen LogP contribution in [0.15, 0.2) is 78.0 Å². The van der Waals surface area contributed by atoms with Crippen molar-refractivity contribution in [1.29, 1.82) is 0 Å². The summed E-state index contributed by atoms with van der Waals surface area (Å²) in [7, 11) is -2.22.